The summed E-state index contributed by atoms with van der Waals surface area (Å²) >= 11 is 0. The van der Waals surface area contributed by atoms with Crippen molar-refractivity contribution in [1.82, 2.24) is 15.5 Å². The van der Waals surface area contributed by atoms with Gasteiger partial charge in [0.05, 0.1) is 6.04 Å². The molecule has 1 saturated carbocycles. The molecule has 0 amide bonds. The zero-order chi connectivity index (χ0) is 13.0. The number of nitrogens with one attached hydrogen (secondary N) is 2. The fourth-order valence-corrected chi connectivity index (χ4v) is 2.58. The van der Waals surface area contributed by atoms with Gasteiger partial charge < -0.3 is 15.1 Å². The number of anilines is 1. The Hall–Kier alpha value is -1.10. The Kier molecular flexibility index (Phi) is 4.58. The summed E-state index contributed by atoms with van der Waals surface area (Å²) in [4.78, 5) is 0. The molecule has 102 valence electrons. The van der Waals surface area contributed by atoms with Crippen molar-refractivity contribution in [3.05, 3.63) is 5.89 Å². The van der Waals surface area contributed by atoms with Crippen molar-refractivity contribution >= 4 is 6.01 Å². The normalized spacial score (nSPS) is 25.9. The molecule has 2 N–H and O–H groups in total. The van der Waals surface area contributed by atoms with Crippen LogP contribution in [0, 0.1) is 11.8 Å². The third kappa shape index (κ3) is 3.45. The molecule has 0 aliphatic heterocycles. The number of aromatic nitrogens is 2. The smallest absolute Gasteiger partial charge is 0.315 e. The Morgan fingerprint density at radius 2 is 2.22 bits per heavy atom. The van der Waals surface area contributed by atoms with E-state index in [2.05, 4.69) is 27.8 Å². The van der Waals surface area contributed by atoms with Crippen molar-refractivity contribution < 1.29 is 4.42 Å². The van der Waals surface area contributed by atoms with Gasteiger partial charge in [0.1, 0.15) is 0 Å². The minimum atomic E-state index is 0.0998. The maximum atomic E-state index is 5.56. The second-order valence-corrected chi connectivity index (χ2v) is 5.47. The van der Waals surface area contributed by atoms with E-state index in [0.29, 0.717) is 11.9 Å². The van der Waals surface area contributed by atoms with Crippen LogP contribution in [0.15, 0.2) is 4.42 Å². The summed E-state index contributed by atoms with van der Waals surface area (Å²) in [6.45, 7) is 5.28. The van der Waals surface area contributed by atoms with Crippen LogP contribution in [0.5, 0.6) is 0 Å². The van der Waals surface area contributed by atoms with Crippen molar-refractivity contribution in [1.29, 1.82) is 0 Å². The van der Waals surface area contributed by atoms with E-state index in [1.165, 1.54) is 25.7 Å². The van der Waals surface area contributed by atoms with Crippen LogP contribution >= 0.6 is 0 Å². The second-order valence-electron chi connectivity index (χ2n) is 5.47. The first-order valence-electron chi connectivity index (χ1n) is 6.93. The zero-order valence-electron chi connectivity index (χ0n) is 11.6. The minimum absolute atomic E-state index is 0.0998. The molecule has 18 heavy (non-hydrogen) atoms. The van der Waals surface area contributed by atoms with Gasteiger partial charge in [-0.1, -0.05) is 24.9 Å². The molecule has 1 aliphatic rings. The van der Waals surface area contributed by atoms with E-state index in [1.54, 1.807) is 0 Å². The topological polar surface area (TPSA) is 63.0 Å². The Labute approximate surface area is 109 Å². The highest BCUT2D eigenvalue weighted by atomic mass is 16.4. The molecule has 3 unspecified atom stereocenters. The van der Waals surface area contributed by atoms with Gasteiger partial charge in [-0.3, -0.25) is 0 Å². The molecule has 1 fully saturated rings. The lowest BCUT2D eigenvalue weighted by molar-refractivity contribution is 0.292. The number of nitrogens with zero attached hydrogens (tertiary/aromatic N) is 2. The Morgan fingerprint density at radius 1 is 1.39 bits per heavy atom. The van der Waals surface area contributed by atoms with E-state index in [4.69, 9.17) is 4.42 Å². The molecule has 3 atom stereocenters. The van der Waals surface area contributed by atoms with Gasteiger partial charge in [-0.15, -0.1) is 5.10 Å². The first-order valence-corrected chi connectivity index (χ1v) is 6.93. The maximum absolute atomic E-state index is 5.56. The summed E-state index contributed by atoms with van der Waals surface area (Å²) in [7, 11) is 1.88. The molecule has 5 nitrogen and oxygen atoms in total. The average Bonchev–Trinajstić information content (AvgIpc) is 2.84. The van der Waals surface area contributed by atoms with E-state index < -0.39 is 0 Å². The average molecular weight is 252 g/mol. The lowest BCUT2D eigenvalue weighted by atomic mass is 9.82. The van der Waals surface area contributed by atoms with Gasteiger partial charge in [-0.2, -0.15) is 0 Å². The van der Waals surface area contributed by atoms with Crippen molar-refractivity contribution in [3.63, 3.8) is 0 Å². The first-order chi connectivity index (χ1) is 8.69. The predicted octanol–water partition coefficient (Wildman–Crippen LogP) is 2.59. The van der Waals surface area contributed by atoms with Gasteiger partial charge in [0.2, 0.25) is 5.89 Å². The van der Waals surface area contributed by atoms with Crippen LogP contribution in [-0.2, 0) is 0 Å². The molecule has 1 aromatic rings. The molecule has 0 saturated heterocycles. The number of hydrogen-bond acceptors (Lipinski definition) is 5. The monoisotopic (exact) mass is 252 g/mol. The van der Waals surface area contributed by atoms with Gasteiger partial charge in [0.15, 0.2) is 0 Å². The Balaban J connectivity index is 1.81. The fourth-order valence-electron chi connectivity index (χ4n) is 2.58. The highest BCUT2D eigenvalue weighted by Crippen LogP contribution is 2.28. The SMILES string of the molecule is CNC(C)c1nnc(NCC2CCCC(C)C2)o1. The Bertz CT molecular complexity index is 366. The van der Waals surface area contributed by atoms with Crippen molar-refractivity contribution in [2.45, 2.75) is 45.6 Å². The van der Waals surface area contributed by atoms with Crippen molar-refractivity contribution in [3.8, 4) is 0 Å². The van der Waals surface area contributed by atoms with Crippen LogP contribution < -0.4 is 10.6 Å². The molecular formula is C13H24N4O. The largest absolute Gasteiger partial charge is 0.406 e. The summed E-state index contributed by atoms with van der Waals surface area (Å²) < 4.78 is 5.56. The van der Waals surface area contributed by atoms with E-state index in [9.17, 15) is 0 Å². The van der Waals surface area contributed by atoms with Gasteiger partial charge in [-0.05, 0) is 38.6 Å². The third-order valence-electron chi connectivity index (χ3n) is 3.83. The molecule has 0 radical (unpaired) electrons. The summed E-state index contributed by atoms with van der Waals surface area (Å²) in [5.74, 6) is 2.23. The zero-order valence-corrected chi connectivity index (χ0v) is 11.6. The van der Waals surface area contributed by atoms with Crippen LogP contribution in [0.25, 0.3) is 0 Å². The predicted molar refractivity (Wildman–Crippen MR) is 71.4 cm³/mol. The highest BCUT2D eigenvalue weighted by molar-refractivity contribution is 5.17. The van der Waals surface area contributed by atoms with E-state index >= 15 is 0 Å². The Morgan fingerprint density at radius 3 is 2.94 bits per heavy atom. The summed E-state index contributed by atoms with van der Waals surface area (Å²) in [6, 6.07) is 0.646. The van der Waals surface area contributed by atoms with Crippen LogP contribution in [0.4, 0.5) is 6.01 Å². The molecule has 0 aromatic carbocycles. The number of hydrogen-bond donors (Lipinski definition) is 2. The maximum Gasteiger partial charge on any atom is 0.315 e. The first kappa shape index (κ1) is 13.3. The van der Waals surface area contributed by atoms with Crippen molar-refractivity contribution in [2.24, 2.45) is 11.8 Å². The van der Waals surface area contributed by atoms with Crippen LogP contribution in [0.1, 0.15) is 51.5 Å². The summed E-state index contributed by atoms with van der Waals surface area (Å²) in [5.41, 5.74) is 0. The molecule has 0 spiro atoms. The highest BCUT2D eigenvalue weighted by Gasteiger charge is 2.19. The van der Waals surface area contributed by atoms with Gasteiger partial charge in [0, 0.05) is 6.54 Å². The number of rotatable bonds is 5. The lowest BCUT2D eigenvalue weighted by Gasteiger charge is -2.26. The molecule has 5 heteroatoms. The van der Waals surface area contributed by atoms with Gasteiger partial charge >= 0.3 is 6.01 Å². The van der Waals surface area contributed by atoms with E-state index in [0.717, 1.165) is 18.4 Å². The van der Waals surface area contributed by atoms with Crippen LogP contribution in [0.3, 0.4) is 0 Å². The molecule has 1 aromatic heterocycles. The minimum Gasteiger partial charge on any atom is -0.406 e. The fraction of sp³-hybridized carbons (Fsp3) is 0.846. The van der Waals surface area contributed by atoms with E-state index in [1.807, 2.05) is 14.0 Å². The van der Waals surface area contributed by atoms with Crippen LogP contribution in [-0.4, -0.2) is 23.8 Å². The van der Waals surface area contributed by atoms with Gasteiger partial charge in [0.25, 0.3) is 0 Å². The quantitative estimate of drug-likeness (QED) is 0.843. The lowest BCUT2D eigenvalue weighted by Crippen LogP contribution is -2.21. The summed E-state index contributed by atoms with van der Waals surface area (Å²) in [6.07, 6.45) is 5.34. The van der Waals surface area contributed by atoms with Crippen LogP contribution in [0.2, 0.25) is 0 Å². The molecule has 2 rings (SSSR count). The van der Waals surface area contributed by atoms with Crippen molar-refractivity contribution in [2.75, 3.05) is 18.9 Å². The van der Waals surface area contributed by atoms with Gasteiger partial charge in [-0.25, -0.2) is 0 Å². The molecule has 0 bridgehead atoms. The molecule has 1 heterocycles. The standard InChI is InChI=1S/C13H24N4O/c1-9-5-4-6-11(7-9)8-15-13-17-16-12(18-13)10(2)14-3/h9-11,14H,4-8H2,1-3H3,(H,15,17). The third-order valence-corrected chi connectivity index (χ3v) is 3.83. The molecular weight excluding hydrogens is 228 g/mol. The summed E-state index contributed by atoms with van der Waals surface area (Å²) in [5, 5.41) is 14.4. The van der Waals surface area contributed by atoms with E-state index in [-0.39, 0.29) is 6.04 Å². The second kappa shape index (κ2) is 6.18. The molecule has 1 aliphatic carbocycles.